The van der Waals surface area contributed by atoms with E-state index in [0.717, 1.165) is 6.42 Å². The Bertz CT molecular complexity index is 266. The second-order valence-electron chi connectivity index (χ2n) is 5.26. The van der Waals surface area contributed by atoms with E-state index in [9.17, 15) is 10.0 Å². The maximum Gasteiger partial charge on any atom is 0.230 e. The molecule has 0 aromatic heterocycles. The molecule has 1 saturated heterocycles. The van der Waals surface area contributed by atoms with Crippen LogP contribution < -0.4 is 5.32 Å². The first-order chi connectivity index (χ1) is 6.71. The molecule has 2 N–H and O–H groups in total. The van der Waals surface area contributed by atoms with Crippen LogP contribution in [0.2, 0.25) is 0 Å². The van der Waals surface area contributed by atoms with Crippen molar-refractivity contribution >= 4 is 18.5 Å². The molecule has 1 atom stereocenters. The number of amides is 1. The Morgan fingerprint density at radius 1 is 1.53 bits per heavy atom. The largest absolute Gasteiger partial charge is 0.351 e. The summed E-state index contributed by atoms with van der Waals surface area (Å²) in [5.74, 6) is 0.0841. The van der Waals surface area contributed by atoms with Gasteiger partial charge in [-0.1, -0.05) is 0 Å². The van der Waals surface area contributed by atoms with Crippen LogP contribution in [-0.2, 0) is 4.79 Å². The first kappa shape index (κ1) is 12.8. The predicted molar refractivity (Wildman–Crippen MR) is 62.2 cm³/mol. The number of nitrogens with zero attached hydrogens (tertiary/aromatic N) is 1. The van der Waals surface area contributed by atoms with Crippen LogP contribution in [0, 0.1) is 0 Å². The molecule has 0 aliphatic carbocycles. The number of carbonyl (C=O) groups is 1. The Morgan fingerprint density at radius 2 is 2.07 bits per heavy atom. The molecule has 1 rings (SSSR count). The van der Waals surface area contributed by atoms with Crippen molar-refractivity contribution in [1.82, 2.24) is 10.4 Å². The van der Waals surface area contributed by atoms with E-state index in [4.69, 9.17) is 0 Å². The molecule has 0 unspecified atom stereocenters. The second-order valence-corrected chi connectivity index (χ2v) is 5.58. The van der Waals surface area contributed by atoms with E-state index in [2.05, 4.69) is 17.9 Å². The smallest absolute Gasteiger partial charge is 0.230 e. The van der Waals surface area contributed by atoms with Crippen LogP contribution in [0.4, 0.5) is 0 Å². The molecule has 0 aromatic carbocycles. The summed E-state index contributed by atoms with van der Waals surface area (Å²) in [7, 11) is 0. The van der Waals surface area contributed by atoms with Crippen LogP contribution in [0.3, 0.4) is 0 Å². The van der Waals surface area contributed by atoms with Gasteiger partial charge < -0.3 is 10.5 Å². The normalized spacial score (nSPS) is 29.1. The zero-order chi connectivity index (χ0) is 11.9. The number of carbonyl (C=O) groups excluding carboxylic acids is 1. The molecule has 5 heteroatoms. The Balaban J connectivity index is 2.80. The Labute approximate surface area is 96.4 Å². The minimum absolute atomic E-state index is 0.0443. The van der Waals surface area contributed by atoms with Gasteiger partial charge in [-0.3, -0.25) is 4.79 Å². The van der Waals surface area contributed by atoms with Gasteiger partial charge in [0.2, 0.25) is 5.91 Å². The Morgan fingerprint density at radius 3 is 2.40 bits per heavy atom. The summed E-state index contributed by atoms with van der Waals surface area (Å²) in [4.78, 5) is 11.3. The van der Waals surface area contributed by atoms with Gasteiger partial charge in [-0.05, 0) is 34.1 Å². The summed E-state index contributed by atoms with van der Waals surface area (Å²) < 4.78 is 0. The fraction of sp³-hybridized carbons (Fsp3) is 0.900. The lowest BCUT2D eigenvalue weighted by molar-refractivity contribution is -0.194. The van der Waals surface area contributed by atoms with E-state index in [0.29, 0.717) is 0 Å². The van der Waals surface area contributed by atoms with Crippen LogP contribution in [0.1, 0.15) is 34.1 Å². The number of hydroxylamine groups is 2. The van der Waals surface area contributed by atoms with E-state index in [1.165, 1.54) is 5.06 Å². The molecule has 0 bridgehead atoms. The number of thiol groups is 1. The molecule has 0 radical (unpaired) electrons. The van der Waals surface area contributed by atoms with Crippen LogP contribution >= 0.6 is 12.6 Å². The van der Waals surface area contributed by atoms with Crippen molar-refractivity contribution < 1.29 is 10.0 Å². The molecule has 1 fully saturated rings. The molecule has 88 valence electrons. The van der Waals surface area contributed by atoms with Crippen LogP contribution in [0.5, 0.6) is 0 Å². The minimum Gasteiger partial charge on any atom is -0.351 e. The summed E-state index contributed by atoms with van der Waals surface area (Å²) in [5.41, 5.74) is -0.750. The molecule has 0 spiro atoms. The highest BCUT2D eigenvalue weighted by atomic mass is 32.1. The van der Waals surface area contributed by atoms with Crippen molar-refractivity contribution in [2.75, 3.05) is 5.75 Å². The molecule has 1 heterocycles. The van der Waals surface area contributed by atoms with Gasteiger partial charge in [0.05, 0.1) is 17.3 Å². The van der Waals surface area contributed by atoms with Crippen LogP contribution in [0.15, 0.2) is 0 Å². The monoisotopic (exact) mass is 232 g/mol. The third kappa shape index (κ3) is 2.29. The molecule has 0 saturated carbocycles. The average Bonchev–Trinajstić information content (AvgIpc) is 2.27. The number of hydrogen-bond acceptors (Lipinski definition) is 4. The summed E-state index contributed by atoms with van der Waals surface area (Å²) >= 11 is 3.92. The van der Waals surface area contributed by atoms with Gasteiger partial charge in [-0.25, -0.2) is 0 Å². The maximum absolute atomic E-state index is 11.3. The topological polar surface area (TPSA) is 52.6 Å². The standard InChI is InChI=1S/C10H20N2O2S/c1-9(2)5-7(11-8(13)6-15)10(3,4)12(9)14/h7,14-15H,5-6H2,1-4H3,(H,11,13)/t7-/m1/s1. The van der Waals surface area contributed by atoms with Gasteiger partial charge in [-0.2, -0.15) is 17.7 Å². The van der Waals surface area contributed by atoms with Gasteiger partial charge in [0, 0.05) is 5.54 Å². The molecule has 1 aliphatic rings. The predicted octanol–water partition coefficient (Wildman–Crippen LogP) is 1.05. The zero-order valence-corrected chi connectivity index (χ0v) is 10.6. The number of rotatable bonds is 2. The van der Waals surface area contributed by atoms with Gasteiger partial charge in [-0.15, -0.1) is 0 Å². The zero-order valence-electron chi connectivity index (χ0n) is 9.74. The molecular weight excluding hydrogens is 212 g/mol. The van der Waals surface area contributed by atoms with Crippen molar-refractivity contribution in [2.45, 2.75) is 51.2 Å². The highest BCUT2D eigenvalue weighted by molar-refractivity contribution is 7.81. The quantitative estimate of drug-likeness (QED) is 0.624. The van der Waals surface area contributed by atoms with E-state index < -0.39 is 5.54 Å². The molecule has 1 amide bonds. The molecule has 4 nitrogen and oxygen atoms in total. The minimum atomic E-state index is -0.442. The third-order valence-corrected chi connectivity index (χ3v) is 3.44. The Hall–Kier alpha value is -0.260. The van der Waals surface area contributed by atoms with Gasteiger partial charge in [0.15, 0.2) is 0 Å². The van der Waals surface area contributed by atoms with E-state index in [1.54, 1.807) is 0 Å². The van der Waals surface area contributed by atoms with Gasteiger partial charge >= 0.3 is 0 Å². The van der Waals surface area contributed by atoms with Crippen LogP contribution in [0.25, 0.3) is 0 Å². The van der Waals surface area contributed by atoms with E-state index in [1.807, 2.05) is 27.7 Å². The number of nitrogens with one attached hydrogen (secondary N) is 1. The lowest BCUT2D eigenvalue weighted by Crippen LogP contribution is -2.53. The van der Waals surface area contributed by atoms with E-state index in [-0.39, 0.29) is 23.2 Å². The summed E-state index contributed by atoms with van der Waals surface area (Å²) in [6, 6.07) is -0.0443. The lowest BCUT2D eigenvalue weighted by atomic mass is 9.94. The van der Waals surface area contributed by atoms with Crippen molar-refractivity contribution in [3.05, 3.63) is 0 Å². The first-order valence-corrected chi connectivity index (χ1v) is 5.74. The van der Waals surface area contributed by atoms with Crippen molar-refractivity contribution in [3.63, 3.8) is 0 Å². The summed E-state index contributed by atoms with van der Waals surface area (Å²) in [5, 5.41) is 14.2. The maximum atomic E-state index is 11.3. The highest BCUT2D eigenvalue weighted by Crippen LogP contribution is 2.38. The first-order valence-electron chi connectivity index (χ1n) is 5.11. The van der Waals surface area contributed by atoms with Crippen molar-refractivity contribution in [2.24, 2.45) is 0 Å². The Kier molecular flexibility index (Phi) is 3.38. The SMILES string of the molecule is CC1(C)C[C@@H](NC(=O)CS)C(C)(C)N1O. The van der Waals surface area contributed by atoms with Gasteiger partial charge in [0.25, 0.3) is 0 Å². The molecule has 0 aromatic rings. The van der Waals surface area contributed by atoms with Gasteiger partial charge in [0.1, 0.15) is 0 Å². The second kappa shape index (κ2) is 3.96. The van der Waals surface area contributed by atoms with E-state index >= 15 is 0 Å². The lowest BCUT2D eigenvalue weighted by Gasteiger charge is -2.35. The fourth-order valence-corrected chi connectivity index (χ4v) is 2.32. The average molecular weight is 232 g/mol. The third-order valence-electron chi connectivity index (χ3n) is 3.15. The van der Waals surface area contributed by atoms with Crippen molar-refractivity contribution in [1.29, 1.82) is 0 Å². The molecule has 15 heavy (non-hydrogen) atoms. The molecular formula is C10H20N2O2S. The van der Waals surface area contributed by atoms with Crippen LogP contribution in [-0.4, -0.2) is 39.1 Å². The van der Waals surface area contributed by atoms with Crippen molar-refractivity contribution in [3.8, 4) is 0 Å². The summed E-state index contributed by atoms with van der Waals surface area (Å²) in [6.07, 6.45) is 0.732. The number of hydrogen-bond donors (Lipinski definition) is 3. The fourth-order valence-electron chi connectivity index (χ4n) is 2.23. The molecule has 1 aliphatic heterocycles. The summed E-state index contributed by atoms with van der Waals surface area (Å²) in [6.45, 7) is 7.76. The highest BCUT2D eigenvalue weighted by Gasteiger charge is 2.51.